The molecule has 7 heteroatoms. The second-order valence-electron chi connectivity index (χ2n) is 5.10. The molecule has 7 nitrogen and oxygen atoms in total. The topological polar surface area (TPSA) is 89.2 Å². The van der Waals surface area contributed by atoms with Crippen LogP contribution < -0.4 is 5.32 Å². The Hall–Kier alpha value is -2.57. The number of aryl methyl sites for hydroxylation is 1. The van der Waals surface area contributed by atoms with Crippen molar-refractivity contribution in [3.63, 3.8) is 0 Å². The zero-order valence-electron chi connectivity index (χ0n) is 12.7. The lowest BCUT2D eigenvalue weighted by molar-refractivity contribution is -0.139. The van der Waals surface area contributed by atoms with Crippen LogP contribution in [0.4, 0.5) is 0 Å². The van der Waals surface area contributed by atoms with Gasteiger partial charge >= 0.3 is 5.97 Å². The van der Waals surface area contributed by atoms with E-state index in [9.17, 15) is 14.7 Å². The van der Waals surface area contributed by atoms with Gasteiger partial charge in [-0.15, -0.1) is 0 Å². The molecule has 0 bridgehead atoms. The molecule has 118 valence electrons. The molecule has 1 amide bonds. The number of hydrogen-bond donors (Lipinski definition) is 2. The standard InChI is InChI=1S/C15H20N4O3/c1-3-4-7-12(15(21)22)17-13(20)11-10-16-18(2)14(11)19-8-5-6-9-19/h5-6,8-10,12H,3-4,7H2,1-2H3,(H,17,20)(H,21,22). The highest BCUT2D eigenvalue weighted by Gasteiger charge is 2.23. The number of rotatable bonds is 7. The Bertz CT molecular complexity index is 646. The monoisotopic (exact) mass is 304 g/mol. The molecule has 0 saturated carbocycles. The van der Waals surface area contributed by atoms with Crippen molar-refractivity contribution < 1.29 is 14.7 Å². The summed E-state index contributed by atoms with van der Waals surface area (Å²) in [5.41, 5.74) is 0.349. The Morgan fingerprint density at radius 2 is 2.05 bits per heavy atom. The van der Waals surface area contributed by atoms with Crippen LogP contribution in [0.1, 0.15) is 36.5 Å². The largest absolute Gasteiger partial charge is 0.480 e. The maximum Gasteiger partial charge on any atom is 0.326 e. The van der Waals surface area contributed by atoms with E-state index in [0.717, 1.165) is 12.8 Å². The first kappa shape index (κ1) is 15.8. The molecule has 0 aliphatic carbocycles. The van der Waals surface area contributed by atoms with Crippen LogP contribution in [0.5, 0.6) is 0 Å². The average molecular weight is 304 g/mol. The van der Waals surface area contributed by atoms with Crippen LogP contribution in [-0.2, 0) is 11.8 Å². The van der Waals surface area contributed by atoms with E-state index in [-0.39, 0.29) is 0 Å². The third-order valence-electron chi connectivity index (χ3n) is 3.45. The zero-order valence-corrected chi connectivity index (χ0v) is 12.7. The van der Waals surface area contributed by atoms with Crippen LogP contribution in [0.15, 0.2) is 30.7 Å². The van der Waals surface area contributed by atoms with Crippen LogP contribution in [0.3, 0.4) is 0 Å². The first-order valence-corrected chi connectivity index (χ1v) is 7.23. The second kappa shape index (κ2) is 6.93. The van der Waals surface area contributed by atoms with Gasteiger partial charge in [0, 0.05) is 19.4 Å². The fourth-order valence-electron chi connectivity index (χ4n) is 2.27. The highest BCUT2D eigenvalue weighted by molar-refractivity contribution is 5.99. The van der Waals surface area contributed by atoms with Gasteiger partial charge < -0.3 is 15.0 Å². The molecule has 2 N–H and O–H groups in total. The Morgan fingerprint density at radius 1 is 1.36 bits per heavy atom. The number of hydrogen-bond acceptors (Lipinski definition) is 3. The molecule has 2 aromatic rings. The Balaban J connectivity index is 2.21. The van der Waals surface area contributed by atoms with Crippen LogP contribution in [0.25, 0.3) is 5.82 Å². The fourth-order valence-corrected chi connectivity index (χ4v) is 2.27. The molecule has 0 aliphatic heterocycles. The first-order chi connectivity index (χ1) is 10.5. The lowest BCUT2D eigenvalue weighted by Gasteiger charge is -2.14. The first-order valence-electron chi connectivity index (χ1n) is 7.23. The summed E-state index contributed by atoms with van der Waals surface area (Å²) >= 11 is 0. The van der Waals surface area contributed by atoms with Crippen molar-refractivity contribution in [3.8, 4) is 5.82 Å². The number of unbranched alkanes of at least 4 members (excludes halogenated alkanes) is 1. The number of amides is 1. The van der Waals surface area contributed by atoms with E-state index in [1.165, 1.54) is 6.20 Å². The van der Waals surface area contributed by atoms with Gasteiger partial charge in [0.05, 0.1) is 6.20 Å². The lowest BCUT2D eigenvalue weighted by atomic mass is 10.1. The number of carboxylic acid groups (broad SMARTS) is 1. The van der Waals surface area contributed by atoms with Crippen molar-refractivity contribution in [1.82, 2.24) is 19.7 Å². The van der Waals surface area contributed by atoms with Crippen molar-refractivity contribution in [2.24, 2.45) is 7.05 Å². The van der Waals surface area contributed by atoms with Crippen molar-refractivity contribution in [2.75, 3.05) is 0 Å². The molecule has 2 aromatic heterocycles. The summed E-state index contributed by atoms with van der Waals surface area (Å²) < 4.78 is 3.35. The molecule has 1 atom stereocenters. The Kier molecular flexibility index (Phi) is 4.98. The molecule has 2 heterocycles. The fraction of sp³-hybridized carbons (Fsp3) is 0.400. The predicted octanol–water partition coefficient (Wildman–Crippen LogP) is 1.58. The third kappa shape index (κ3) is 3.36. The highest BCUT2D eigenvalue weighted by atomic mass is 16.4. The molecule has 1 unspecified atom stereocenters. The van der Waals surface area contributed by atoms with Crippen LogP contribution in [0, 0.1) is 0 Å². The smallest absolute Gasteiger partial charge is 0.326 e. The molecule has 0 radical (unpaired) electrons. The van der Waals surface area contributed by atoms with Gasteiger partial charge in [0.1, 0.15) is 17.4 Å². The second-order valence-corrected chi connectivity index (χ2v) is 5.10. The Labute approximate surface area is 128 Å². The van der Waals surface area contributed by atoms with Crippen molar-refractivity contribution in [2.45, 2.75) is 32.2 Å². The van der Waals surface area contributed by atoms with Crippen molar-refractivity contribution >= 4 is 11.9 Å². The number of nitrogens with zero attached hydrogens (tertiary/aromatic N) is 3. The third-order valence-corrected chi connectivity index (χ3v) is 3.45. The van der Waals surface area contributed by atoms with Gasteiger partial charge in [-0.25, -0.2) is 4.79 Å². The molecule has 0 spiro atoms. The molecule has 0 saturated heterocycles. The van der Waals surface area contributed by atoms with E-state index in [1.807, 2.05) is 19.1 Å². The van der Waals surface area contributed by atoms with E-state index < -0.39 is 17.9 Å². The summed E-state index contributed by atoms with van der Waals surface area (Å²) in [7, 11) is 1.73. The molecule has 22 heavy (non-hydrogen) atoms. The van der Waals surface area contributed by atoms with Gasteiger partial charge in [-0.2, -0.15) is 5.10 Å². The van der Waals surface area contributed by atoms with Crippen molar-refractivity contribution in [1.29, 1.82) is 0 Å². The van der Waals surface area contributed by atoms with Gasteiger partial charge in [-0.3, -0.25) is 9.48 Å². The summed E-state index contributed by atoms with van der Waals surface area (Å²) in [6.07, 6.45) is 7.09. The van der Waals surface area contributed by atoms with Crippen molar-refractivity contribution in [3.05, 3.63) is 36.3 Å². The van der Waals surface area contributed by atoms with E-state index >= 15 is 0 Å². The van der Waals surface area contributed by atoms with Gasteiger partial charge in [0.2, 0.25) is 0 Å². The number of carbonyl (C=O) groups is 2. The summed E-state index contributed by atoms with van der Waals surface area (Å²) in [4.78, 5) is 23.7. The number of carboxylic acids is 1. The van der Waals surface area contributed by atoms with E-state index in [2.05, 4.69) is 10.4 Å². The molecular weight excluding hydrogens is 284 g/mol. The normalized spacial score (nSPS) is 12.1. The van der Waals surface area contributed by atoms with Gasteiger partial charge in [0.15, 0.2) is 0 Å². The van der Waals surface area contributed by atoms with Crippen LogP contribution in [-0.4, -0.2) is 37.4 Å². The van der Waals surface area contributed by atoms with E-state index in [4.69, 9.17) is 0 Å². The van der Waals surface area contributed by atoms with E-state index in [0.29, 0.717) is 17.8 Å². The molecule has 0 aliphatic rings. The SMILES string of the molecule is CCCCC(NC(=O)c1cnn(C)c1-n1cccc1)C(=O)O. The molecule has 0 fully saturated rings. The maximum absolute atomic E-state index is 12.4. The maximum atomic E-state index is 12.4. The predicted molar refractivity (Wildman–Crippen MR) is 81.0 cm³/mol. The Morgan fingerprint density at radius 3 is 2.64 bits per heavy atom. The zero-order chi connectivity index (χ0) is 16.1. The minimum atomic E-state index is -1.02. The number of aliphatic carboxylic acids is 1. The van der Waals surface area contributed by atoms with Gasteiger partial charge in [-0.05, 0) is 18.6 Å². The van der Waals surface area contributed by atoms with Crippen LogP contribution in [0.2, 0.25) is 0 Å². The number of aromatic nitrogens is 3. The quantitative estimate of drug-likeness (QED) is 0.813. The number of carbonyl (C=O) groups excluding carboxylic acids is 1. The average Bonchev–Trinajstić information content (AvgIpc) is 3.11. The van der Waals surface area contributed by atoms with Gasteiger partial charge in [0.25, 0.3) is 5.91 Å². The molecular formula is C15H20N4O3. The lowest BCUT2D eigenvalue weighted by Crippen LogP contribution is -2.41. The van der Waals surface area contributed by atoms with E-state index in [1.54, 1.807) is 28.7 Å². The minimum absolute atomic E-state index is 0.349. The molecule has 2 rings (SSSR count). The molecule has 0 aromatic carbocycles. The minimum Gasteiger partial charge on any atom is -0.480 e. The van der Waals surface area contributed by atoms with Crippen LogP contribution >= 0.6 is 0 Å². The van der Waals surface area contributed by atoms with Gasteiger partial charge in [-0.1, -0.05) is 19.8 Å². The summed E-state index contributed by atoms with van der Waals surface area (Å²) in [6.45, 7) is 1.98. The highest BCUT2D eigenvalue weighted by Crippen LogP contribution is 2.14. The summed E-state index contributed by atoms with van der Waals surface area (Å²) in [6, 6.07) is 2.80. The summed E-state index contributed by atoms with van der Waals surface area (Å²) in [5, 5.41) is 15.9. The number of nitrogens with one attached hydrogen (secondary N) is 1. The summed E-state index contributed by atoms with van der Waals surface area (Å²) in [5.74, 6) is -0.851.